The molecule has 2 N–H and O–H groups in total. The zero-order chi connectivity index (χ0) is 17.1. The fraction of sp³-hybridized carbons (Fsp3) is 0.316. The maximum absolute atomic E-state index is 11.5. The molecule has 1 aromatic heterocycles. The average Bonchev–Trinajstić information content (AvgIpc) is 2.59. The summed E-state index contributed by atoms with van der Waals surface area (Å²) in [6.07, 6.45) is 7.58. The second kappa shape index (κ2) is 6.83. The van der Waals surface area contributed by atoms with Gasteiger partial charge < -0.3 is 5.73 Å². The molecule has 0 amide bonds. The van der Waals surface area contributed by atoms with Crippen molar-refractivity contribution in [3.8, 4) is 11.1 Å². The van der Waals surface area contributed by atoms with Gasteiger partial charge in [-0.25, -0.2) is 0 Å². The third kappa shape index (κ3) is 3.15. The summed E-state index contributed by atoms with van der Waals surface area (Å²) in [6.45, 7) is 3.76. The van der Waals surface area contributed by atoms with Crippen LogP contribution in [-0.2, 0) is 19.3 Å². The van der Waals surface area contributed by atoms with Crippen molar-refractivity contribution in [1.82, 2.24) is 4.98 Å². The molecule has 0 atom stereocenters. The summed E-state index contributed by atoms with van der Waals surface area (Å²) in [6, 6.07) is 6.93. The van der Waals surface area contributed by atoms with Crippen LogP contribution in [0.2, 0.25) is 0 Å². The molecule has 0 aliphatic heterocycles. The summed E-state index contributed by atoms with van der Waals surface area (Å²) >= 11 is 0. The Bertz CT molecular complexity index is 799. The quantitative estimate of drug-likeness (QED) is 0.386. The van der Waals surface area contributed by atoms with E-state index in [9.17, 15) is 10.1 Å². The normalized spacial score (nSPS) is 13.3. The summed E-state index contributed by atoms with van der Waals surface area (Å²) in [5.41, 5.74) is 11.0. The molecular weight excluding hydrogens is 302 g/mol. The Hall–Kier alpha value is -2.69. The van der Waals surface area contributed by atoms with Crippen LogP contribution in [0.25, 0.3) is 11.1 Å². The molecule has 1 aliphatic rings. The number of aryl methyl sites for hydroxylation is 2. The second-order valence-corrected chi connectivity index (χ2v) is 6.15. The Morgan fingerprint density at radius 1 is 1.25 bits per heavy atom. The highest BCUT2D eigenvalue weighted by Gasteiger charge is 2.23. The topological polar surface area (TPSA) is 82.0 Å². The first-order valence-corrected chi connectivity index (χ1v) is 8.27. The number of nitrogen functional groups attached to an aromatic ring is 1. The zero-order valence-corrected chi connectivity index (χ0v) is 13.6. The molecule has 1 heterocycles. The Balaban J connectivity index is 2.19. The third-order valence-electron chi connectivity index (χ3n) is 4.47. The van der Waals surface area contributed by atoms with Gasteiger partial charge in [-0.2, -0.15) is 0 Å². The Morgan fingerprint density at radius 2 is 2.04 bits per heavy atom. The molecule has 5 heteroatoms. The van der Waals surface area contributed by atoms with Crippen LogP contribution >= 0.6 is 0 Å². The second-order valence-electron chi connectivity index (χ2n) is 6.15. The first-order chi connectivity index (χ1) is 11.6. The Labute approximate surface area is 141 Å². The minimum Gasteiger partial charge on any atom is -0.399 e. The van der Waals surface area contributed by atoms with Crippen LogP contribution in [0.1, 0.15) is 36.2 Å². The van der Waals surface area contributed by atoms with E-state index in [4.69, 9.17) is 10.7 Å². The monoisotopic (exact) mass is 323 g/mol. The standard InChI is InChI=1S/C19H21N3O2/c1-2-3-6-14-12-17(15-7-4-5-8-18(15)21-14)16-10-9-13(20)11-19(16)22(23)24/h2,9-12H,1,3-8,20H2. The zero-order valence-electron chi connectivity index (χ0n) is 13.6. The van der Waals surface area contributed by atoms with Crippen LogP contribution in [-0.4, -0.2) is 9.91 Å². The smallest absolute Gasteiger partial charge is 0.279 e. The first kappa shape index (κ1) is 16.2. The van der Waals surface area contributed by atoms with Crippen LogP contribution in [0, 0.1) is 10.1 Å². The minimum atomic E-state index is -0.356. The van der Waals surface area contributed by atoms with Crippen molar-refractivity contribution in [3.63, 3.8) is 0 Å². The number of hydrogen-bond donors (Lipinski definition) is 1. The van der Waals surface area contributed by atoms with Gasteiger partial charge in [0.2, 0.25) is 0 Å². The fourth-order valence-corrected chi connectivity index (χ4v) is 3.31. The molecule has 1 aliphatic carbocycles. The van der Waals surface area contributed by atoms with Crippen molar-refractivity contribution in [2.75, 3.05) is 5.73 Å². The largest absolute Gasteiger partial charge is 0.399 e. The van der Waals surface area contributed by atoms with E-state index < -0.39 is 0 Å². The molecule has 3 rings (SSSR count). The van der Waals surface area contributed by atoms with Gasteiger partial charge in [0.1, 0.15) is 0 Å². The number of anilines is 1. The SMILES string of the molecule is C=CCCc1cc(-c2ccc(N)cc2[N+](=O)[O-])c2c(n1)CCCC2. The van der Waals surface area contributed by atoms with Crippen LogP contribution in [0.15, 0.2) is 36.9 Å². The predicted molar refractivity (Wildman–Crippen MR) is 95.9 cm³/mol. The summed E-state index contributed by atoms with van der Waals surface area (Å²) in [4.78, 5) is 15.9. The number of nitrogens with two attached hydrogens (primary N) is 1. The number of pyridine rings is 1. The fourth-order valence-electron chi connectivity index (χ4n) is 3.31. The molecule has 24 heavy (non-hydrogen) atoms. The van der Waals surface area contributed by atoms with E-state index in [1.165, 1.54) is 6.07 Å². The van der Waals surface area contributed by atoms with Gasteiger partial charge in [0.05, 0.1) is 10.5 Å². The van der Waals surface area contributed by atoms with E-state index in [0.29, 0.717) is 11.3 Å². The number of rotatable bonds is 5. The van der Waals surface area contributed by atoms with Crippen LogP contribution in [0.5, 0.6) is 0 Å². The van der Waals surface area contributed by atoms with Crippen molar-refractivity contribution in [2.45, 2.75) is 38.5 Å². The Morgan fingerprint density at radius 3 is 2.79 bits per heavy atom. The lowest BCUT2D eigenvalue weighted by atomic mass is 9.87. The van der Waals surface area contributed by atoms with Gasteiger partial charge in [-0.05, 0) is 67.9 Å². The predicted octanol–water partition coefficient (Wildman–Crippen LogP) is 4.24. The molecule has 2 aromatic rings. The summed E-state index contributed by atoms with van der Waals surface area (Å²) < 4.78 is 0. The van der Waals surface area contributed by atoms with E-state index in [0.717, 1.165) is 61.0 Å². The molecule has 0 radical (unpaired) electrons. The van der Waals surface area contributed by atoms with E-state index in [2.05, 4.69) is 6.58 Å². The van der Waals surface area contributed by atoms with Crippen molar-refractivity contribution in [1.29, 1.82) is 0 Å². The maximum atomic E-state index is 11.5. The van der Waals surface area contributed by atoms with Gasteiger partial charge in [-0.1, -0.05) is 6.08 Å². The number of nitro groups is 1. The van der Waals surface area contributed by atoms with E-state index >= 15 is 0 Å². The molecule has 0 unspecified atom stereocenters. The minimum absolute atomic E-state index is 0.0589. The number of nitrogens with zero attached hydrogens (tertiary/aromatic N) is 2. The van der Waals surface area contributed by atoms with Gasteiger partial charge in [0, 0.05) is 23.1 Å². The number of benzene rings is 1. The number of fused-ring (bicyclic) bond motifs is 1. The number of allylic oxidation sites excluding steroid dienone is 1. The van der Waals surface area contributed by atoms with Gasteiger partial charge in [-0.3, -0.25) is 15.1 Å². The number of hydrogen-bond acceptors (Lipinski definition) is 4. The van der Waals surface area contributed by atoms with Crippen LogP contribution < -0.4 is 5.73 Å². The highest BCUT2D eigenvalue weighted by molar-refractivity contribution is 5.79. The molecule has 0 fully saturated rings. The summed E-state index contributed by atoms with van der Waals surface area (Å²) in [5, 5.41) is 11.5. The molecular formula is C19H21N3O2. The van der Waals surface area contributed by atoms with Crippen molar-refractivity contribution in [3.05, 3.63) is 64.0 Å². The highest BCUT2D eigenvalue weighted by Crippen LogP contribution is 2.37. The highest BCUT2D eigenvalue weighted by atomic mass is 16.6. The van der Waals surface area contributed by atoms with Crippen LogP contribution in [0.3, 0.4) is 0 Å². The molecule has 1 aromatic carbocycles. The molecule has 0 bridgehead atoms. The van der Waals surface area contributed by atoms with Crippen LogP contribution in [0.4, 0.5) is 11.4 Å². The maximum Gasteiger partial charge on any atom is 0.279 e. The summed E-state index contributed by atoms with van der Waals surface area (Å²) in [5.74, 6) is 0. The molecule has 0 spiro atoms. The van der Waals surface area contributed by atoms with Gasteiger partial charge in [0.25, 0.3) is 5.69 Å². The third-order valence-corrected chi connectivity index (χ3v) is 4.47. The lowest BCUT2D eigenvalue weighted by molar-refractivity contribution is -0.384. The van der Waals surface area contributed by atoms with Gasteiger partial charge >= 0.3 is 0 Å². The van der Waals surface area contributed by atoms with E-state index in [1.54, 1.807) is 12.1 Å². The van der Waals surface area contributed by atoms with E-state index in [1.807, 2.05) is 12.1 Å². The van der Waals surface area contributed by atoms with Crippen molar-refractivity contribution in [2.24, 2.45) is 0 Å². The van der Waals surface area contributed by atoms with Crippen molar-refractivity contribution < 1.29 is 4.92 Å². The number of aromatic nitrogens is 1. The summed E-state index contributed by atoms with van der Waals surface area (Å²) in [7, 11) is 0. The van der Waals surface area contributed by atoms with E-state index in [-0.39, 0.29) is 10.6 Å². The number of nitro benzene ring substituents is 1. The lowest BCUT2D eigenvalue weighted by Crippen LogP contribution is -2.10. The molecule has 0 saturated carbocycles. The van der Waals surface area contributed by atoms with Crippen molar-refractivity contribution >= 4 is 11.4 Å². The molecule has 0 saturated heterocycles. The first-order valence-electron chi connectivity index (χ1n) is 8.27. The average molecular weight is 323 g/mol. The Kier molecular flexibility index (Phi) is 4.60. The van der Waals surface area contributed by atoms with Gasteiger partial charge in [0.15, 0.2) is 0 Å². The van der Waals surface area contributed by atoms with Gasteiger partial charge in [-0.15, -0.1) is 6.58 Å². The molecule has 124 valence electrons. The lowest BCUT2D eigenvalue weighted by Gasteiger charge is -2.20. The molecule has 5 nitrogen and oxygen atoms in total.